The van der Waals surface area contributed by atoms with Crippen molar-refractivity contribution in [2.75, 3.05) is 12.4 Å². The molecule has 0 saturated carbocycles. The Kier molecular flexibility index (Phi) is 5.55. The Hall–Kier alpha value is -3.55. The first-order valence-corrected chi connectivity index (χ1v) is 8.12. The normalized spacial score (nSPS) is 10.4. The lowest BCUT2D eigenvalue weighted by Gasteiger charge is -2.05. The van der Waals surface area contributed by atoms with Crippen molar-refractivity contribution in [3.05, 3.63) is 65.8 Å². The van der Waals surface area contributed by atoms with Crippen molar-refractivity contribution >= 4 is 17.6 Å². The minimum atomic E-state index is -0.446. The highest BCUT2D eigenvalue weighted by molar-refractivity contribution is 5.93. The number of anilines is 1. The predicted octanol–water partition coefficient (Wildman–Crippen LogP) is 3.23. The van der Waals surface area contributed by atoms with Crippen LogP contribution < -0.4 is 5.32 Å². The zero-order chi connectivity index (χ0) is 19.2. The molecule has 0 fully saturated rings. The van der Waals surface area contributed by atoms with Crippen LogP contribution in [0.3, 0.4) is 0 Å². The molecule has 3 rings (SSSR count). The molecule has 138 valence electrons. The van der Waals surface area contributed by atoms with E-state index in [1.54, 1.807) is 36.4 Å². The van der Waals surface area contributed by atoms with E-state index in [0.717, 1.165) is 0 Å². The van der Waals surface area contributed by atoms with Gasteiger partial charge in [-0.2, -0.15) is 4.98 Å². The molecule has 8 heteroatoms. The molecule has 0 bridgehead atoms. The number of benzene rings is 2. The summed E-state index contributed by atoms with van der Waals surface area (Å²) < 4.78 is 23.0. The van der Waals surface area contributed by atoms with Gasteiger partial charge in [-0.05, 0) is 36.4 Å². The standard InChI is InChI=1S/C19H16FN3O4/c1-26-19(25)12-5-7-15(8-6-12)21-16(24)9-10-17-22-18(23-27-17)13-3-2-4-14(20)11-13/h2-8,11H,9-10H2,1H3,(H,21,24). The number of carbonyl (C=O) groups excluding carboxylic acids is 2. The molecular formula is C19H16FN3O4. The van der Waals surface area contributed by atoms with Crippen molar-refractivity contribution in [3.63, 3.8) is 0 Å². The molecule has 7 nitrogen and oxygen atoms in total. The van der Waals surface area contributed by atoms with E-state index >= 15 is 0 Å². The molecule has 0 aliphatic rings. The zero-order valence-corrected chi connectivity index (χ0v) is 14.4. The number of carbonyl (C=O) groups is 2. The van der Waals surface area contributed by atoms with Crippen molar-refractivity contribution in [2.24, 2.45) is 0 Å². The Morgan fingerprint density at radius 3 is 2.67 bits per heavy atom. The Labute approximate surface area is 154 Å². The molecule has 0 radical (unpaired) electrons. The second-order valence-electron chi connectivity index (χ2n) is 5.64. The third kappa shape index (κ3) is 4.75. The van der Waals surface area contributed by atoms with Gasteiger partial charge in [-0.3, -0.25) is 4.79 Å². The topological polar surface area (TPSA) is 94.3 Å². The van der Waals surface area contributed by atoms with Crippen LogP contribution in [0, 0.1) is 5.82 Å². The van der Waals surface area contributed by atoms with E-state index in [-0.39, 0.29) is 30.5 Å². The lowest BCUT2D eigenvalue weighted by atomic mass is 10.2. The number of methoxy groups -OCH3 is 1. The summed E-state index contributed by atoms with van der Waals surface area (Å²) in [6.07, 6.45) is 0.373. The van der Waals surface area contributed by atoms with Gasteiger partial charge < -0.3 is 14.6 Å². The van der Waals surface area contributed by atoms with Gasteiger partial charge in [-0.25, -0.2) is 9.18 Å². The lowest BCUT2D eigenvalue weighted by Crippen LogP contribution is -2.12. The summed E-state index contributed by atoms with van der Waals surface area (Å²) in [7, 11) is 1.30. The van der Waals surface area contributed by atoms with Gasteiger partial charge in [0.25, 0.3) is 0 Å². The predicted molar refractivity (Wildman–Crippen MR) is 94.4 cm³/mol. The number of halogens is 1. The lowest BCUT2D eigenvalue weighted by molar-refractivity contribution is -0.116. The van der Waals surface area contributed by atoms with Gasteiger partial charge in [-0.1, -0.05) is 17.3 Å². The van der Waals surface area contributed by atoms with E-state index in [0.29, 0.717) is 16.8 Å². The molecule has 1 amide bonds. The van der Waals surface area contributed by atoms with Crippen molar-refractivity contribution in [1.82, 2.24) is 10.1 Å². The SMILES string of the molecule is COC(=O)c1ccc(NC(=O)CCc2nc(-c3cccc(F)c3)no2)cc1. The van der Waals surface area contributed by atoms with Crippen molar-refractivity contribution < 1.29 is 23.2 Å². The number of aromatic nitrogens is 2. The number of esters is 1. The minimum absolute atomic E-state index is 0.129. The van der Waals surface area contributed by atoms with Crippen LogP contribution in [-0.4, -0.2) is 29.1 Å². The number of rotatable bonds is 6. The molecule has 0 saturated heterocycles. The molecular weight excluding hydrogens is 353 g/mol. The van der Waals surface area contributed by atoms with Crippen LogP contribution in [0.1, 0.15) is 22.7 Å². The van der Waals surface area contributed by atoms with Gasteiger partial charge >= 0.3 is 5.97 Å². The molecule has 1 heterocycles. The third-order valence-electron chi connectivity index (χ3n) is 3.71. The van der Waals surface area contributed by atoms with E-state index in [2.05, 4.69) is 20.2 Å². The number of nitrogens with zero attached hydrogens (tertiary/aromatic N) is 2. The fraction of sp³-hybridized carbons (Fsp3) is 0.158. The molecule has 1 aromatic heterocycles. The molecule has 0 unspecified atom stereocenters. The van der Waals surface area contributed by atoms with Crippen LogP contribution >= 0.6 is 0 Å². The van der Waals surface area contributed by atoms with E-state index in [1.165, 1.54) is 19.2 Å². The highest BCUT2D eigenvalue weighted by Crippen LogP contribution is 2.17. The summed E-state index contributed by atoms with van der Waals surface area (Å²) >= 11 is 0. The first-order valence-electron chi connectivity index (χ1n) is 8.12. The van der Waals surface area contributed by atoms with Crippen LogP contribution in [0.4, 0.5) is 10.1 Å². The molecule has 0 spiro atoms. The maximum absolute atomic E-state index is 13.2. The average Bonchev–Trinajstić information content (AvgIpc) is 3.15. The molecule has 0 aliphatic carbocycles. The fourth-order valence-corrected chi connectivity index (χ4v) is 2.35. The zero-order valence-electron chi connectivity index (χ0n) is 14.4. The Bertz CT molecular complexity index is 954. The van der Waals surface area contributed by atoms with Gasteiger partial charge in [0.2, 0.25) is 17.6 Å². The van der Waals surface area contributed by atoms with E-state index in [1.807, 2.05) is 0 Å². The highest BCUT2D eigenvalue weighted by Gasteiger charge is 2.12. The van der Waals surface area contributed by atoms with E-state index in [4.69, 9.17) is 4.52 Å². The molecule has 3 aromatic rings. The number of hydrogen-bond donors (Lipinski definition) is 1. The molecule has 0 atom stereocenters. The van der Waals surface area contributed by atoms with Crippen LogP contribution in [0.15, 0.2) is 53.1 Å². The van der Waals surface area contributed by atoms with Gasteiger partial charge in [0, 0.05) is 24.1 Å². The largest absolute Gasteiger partial charge is 0.465 e. The van der Waals surface area contributed by atoms with Crippen LogP contribution in [-0.2, 0) is 16.0 Å². The summed E-state index contributed by atoms with van der Waals surface area (Å²) in [5.74, 6) is -0.533. The van der Waals surface area contributed by atoms with Crippen LogP contribution in [0.5, 0.6) is 0 Å². The van der Waals surface area contributed by atoms with Crippen LogP contribution in [0.2, 0.25) is 0 Å². The molecule has 27 heavy (non-hydrogen) atoms. The number of nitrogens with one attached hydrogen (secondary N) is 1. The second-order valence-corrected chi connectivity index (χ2v) is 5.64. The smallest absolute Gasteiger partial charge is 0.337 e. The maximum Gasteiger partial charge on any atom is 0.337 e. The molecule has 2 aromatic carbocycles. The summed E-state index contributed by atoms with van der Waals surface area (Å²) in [6.45, 7) is 0. The Morgan fingerprint density at radius 1 is 1.19 bits per heavy atom. The van der Waals surface area contributed by atoms with Gasteiger partial charge in [0.1, 0.15) is 5.82 Å². The summed E-state index contributed by atoms with van der Waals surface area (Å²) in [5.41, 5.74) is 1.45. The van der Waals surface area contributed by atoms with Gasteiger partial charge in [0.15, 0.2) is 0 Å². The van der Waals surface area contributed by atoms with E-state index < -0.39 is 11.8 Å². The average molecular weight is 369 g/mol. The third-order valence-corrected chi connectivity index (χ3v) is 3.71. The van der Waals surface area contributed by atoms with Gasteiger partial charge in [0.05, 0.1) is 12.7 Å². The maximum atomic E-state index is 13.2. The second kappa shape index (κ2) is 8.22. The highest BCUT2D eigenvalue weighted by atomic mass is 19.1. The number of hydrogen-bond acceptors (Lipinski definition) is 6. The summed E-state index contributed by atoms with van der Waals surface area (Å²) in [4.78, 5) is 27.6. The summed E-state index contributed by atoms with van der Waals surface area (Å²) in [5, 5.41) is 6.51. The van der Waals surface area contributed by atoms with Crippen molar-refractivity contribution in [2.45, 2.75) is 12.8 Å². The first kappa shape index (κ1) is 18.2. The quantitative estimate of drug-likeness (QED) is 0.671. The Morgan fingerprint density at radius 2 is 1.96 bits per heavy atom. The number of ether oxygens (including phenoxy) is 1. The van der Waals surface area contributed by atoms with E-state index in [9.17, 15) is 14.0 Å². The first-order chi connectivity index (χ1) is 13.0. The molecule has 0 aliphatic heterocycles. The summed E-state index contributed by atoms with van der Waals surface area (Å²) in [6, 6.07) is 12.2. The monoisotopic (exact) mass is 369 g/mol. The van der Waals surface area contributed by atoms with Crippen LogP contribution in [0.25, 0.3) is 11.4 Å². The van der Waals surface area contributed by atoms with Crippen molar-refractivity contribution in [3.8, 4) is 11.4 Å². The van der Waals surface area contributed by atoms with Crippen molar-refractivity contribution in [1.29, 1.82) is 0 Å². The molecule has 1 N–H and O–H groups in total. The Balaban J connectivity index is 1.54. The number of aryl methyl sites for hydroxylation is 1. The number of amides is 1. The fourth-order valence-electron chi connectivity index (χ4n) is 2.35. The van der Waals surface area contributed by atoms with Gasteiger partial charge in [-0.15, -0.1) is 0 Å². The minimum Gasteiger partial charge on any atom is -0.465 e.